The Hall–Kier alpha value is -0.620. The number of nitrogens with one attached hydrogen (secondary N) is 1. The molecule has 0 bridgehead atoms. The van der Waals surface area contributed by atoms with Crippen molar-refractivity contribution in [2.45, 2.75) is 38.6 Å². The van der Waals surface area contributed by atoms with E-state index in [-0.39, 0.29) is 6.04 Å². The summed E-state index contributed by atoms with van der Waals surface area (Å²) in [6, 6.07) is 4.53. The van der Waals surface area contributed by atoms with E-state index in [2.05, 4.69) is 33.5 Å². The molecule has 0 aliphatic carbocycles. The fourth-order valence-corrected chi connectivity index (χ4v) is 3.14. The van der Waals surface area contributed by atoms with Gasteiger partial charge < -0.3 is 9.47 Å². The number of hydrogen-bond acceptors (Lipinski definition) is 4. The van der Waals surface area contributed by atoms with E-state index >= 15 is 0 Å². The maximum atomic E-state index is 5.76. The maximum Gasteiger partial charge on any atom is 0.125 e. The van der Waals surface area contributed by atoms with Gasteiger partial charge in [-0.05, 0) is 49.4 Å². The van der Waals surface area contributed by atoms with E-state index in [9.17, 15) is 0 Å². The second-order valence-corrected chi connectivity index (χ2v) is 5.97. The number of halogens is 1. The van der Waals surface area contributed by atoms with Gasteiger partial charge >= 0.3 is 0 Å². The van der Waals surface area contributed by atoms with Gasteiger partial charge in [0, 0.05) is 30.1 Å². The van der Waals surface area contributed by atoms with Gasteiger partial charge in [-0.3, -0.25) is 11.3 Å². The van der Waals surface area contributed by atoms with Crippen molar-refractivity contribution in [2.24, 2.45) is 5.84 Å². The van der Waals surface area contributed by atoms with Gasteiger partial charge in [-0.25, -0.2) is 0 Å². The van der Waals surface area contributed by atoms with Crippen molar-refractivity contribution >= 4 is 15.9 Å². The molecule has 1 aliphatic rings. The normalized spacial score (nSPS) is 14.9. The van der Waals surface area contributed by atoms with Crippen LogP contribution in [0.5, 0.6) is 5.75 Å². The Balaban J connectivity index is 1.97. The molecule has 1 aromatic carbocycles. The van der Waals surface area contributed by atoms with Crippen molar-refractivity contribution in [3.63, 3.8) is 0 Å². The van der Waals surface area contributed by atoms with Crippen LogP contribution in [-0.4, -0.2) is 25.9 Å². The van der Waals surface area contributed by atoms with Crippen LogP contribution in [-0.2, 0) is 17.6 Å². The number of ether oxygens (including phenoxy) is 2. The van der Waals surface area contributed by atoms with Gasteiger partial charge in [0.15, 0.2) is 0 Å². The highest BCUT2D eigenvalue weighted by Gasteiger charge is 2.19. The predicted molar refractivity (Wildman–Crippen MR) is 83.9 cm³/mol. The number of fused-ring (bicyclic) bond motifs is 1. The summed E-state index contributed by atoms with van der Waals surface area (Å²) >= 11 is 3.57. The molecule has 3 N–H and O–H groups in total. The van der Waals surface area contributed by atoms with Crippen LogP contribution in [0, 0.1) is 0 Å². The maximum absolute atomic E-state index is 5.76. The van der Waals surface area contributed by atoms with E-state index in [0.717, 1.165) is 55.7 Å². The van der Waals surface area contributed by atoms with Crippen LogP contribution < -0.4 is 16.0 Å². The summed E-state index contributed by atoms with van der Waals surface area (Å²) in [7, 11) is 0. The second-order valence-electron chi connectivity index (χ2n) is 5.06. The largest absolute Gasteiger partial charge is 0.493 e. The fraction of sp³-hybridized carbons (Fsp3) is 0.600. The first-order chi connectivity index (χ1) is 9.74. The van der Waals surface area contributed by atoms with Gasteiger partial charge in [0.2, 0.25) is 0 Å². The average Bonchev–Trinajstić information content (AvgIpc) is 2.90. The van der Waals surface area contributed by atoms with Crippen molar-refractivity contribution in [2.75, 3.05) is 19.8 Å². The molecule has 0 saturated carbocycles. The van der Waals surface area contributed by atoms with Gasteiger partial charge in [-0.2, -0.15) is 0 Å². The molecule has 0 fully saturated rings. The molecular formula is C15H23BrN2O2. The highest BCUT2D eigenvalue weighted by Crippen LogP contribution is 2.33. The van der Waals surface area contributed by atoms with Gasteiger partial charge in [-0.1, -0.05) is 15.9 Å². The minimum absolute atomic E-state index is 0.248. The fourth-order valence-electron chi connectivity index (χ4n) is 2.58. The Morgan fingerprint density at radius 1 is 1.50 bits per heavy atom. The molecular weight excluding hydrogens is 320 g/mol. The third kappa shape index (κ3) is 4.19. The van der Waals surface area contributed by atoms with Gasteiger partial charge in [-0.15, -0.1) is 0 Å². The molecule has 0 amide bonds. The number of hydrazine groups is 1. The third-order valence-corrected chi connectivity index (χ3v) is 4.03. The van der Waals surface area contributed by atoms with E-state index in [0.29, 0.717) is 0 Å². The van der Waals surface area contributed by atoms with Gasteiger partial charge in [0.1, 0.15) is 5.75 Å². The first kappa shape index (κ1) is 15.8. The molecule has 20 heavy (non-hydrogen) atoms. The standard InChI is InChI=1S/C15H23BrN2O2/c1-2-19-6-3-4-14(18-17)10-12-9-13(16)8-11-5-7-20-15(11)12/h8-9,14,18H,2-7,10,17H2,1H3. The molecule has 1 atom stereocenters. The Bertz CT molecular complexity index is 440. The number of benzene rings is 1. The van der Waals surface area contributed by atoms with Crippen molar-refractivity contribution in [1.82, 2.24) is 5.43 Å². The SMILES string of the molecule is CCOCCCC(Cc1cc(Br)cc2c1OCC2)NN. The number of rotatable bonds is 8. The quantitative estimate of drug-likeness (QED) is 0.433. The van der Waals surface area contributed by atoms with Crippen LogP contribution in [0.2, 0.25) is 0 Å². The zero-order valence-corrected chi connectivity index (χ0v) is 13.5. The molecule has 0 spiro atoms. The lowest BCUT2D eigenvalue weighted by atomic mass is 9.99. The summed E-state index contributed by atoms with van der Waals surface area (Å²) in [5.74, 6) is 6.73. The Kier molecular flexibility index (Phi) is 6.29. The van der Waals surface area contributed by atoms with E-state index in [1.54, 1.807) is 0 Å². The summed E-state index contributed by atoms with van der Waals surface area (Å²) in [5.41, 5.74) is 5.43. The summed E-state index contributed by atoms with van der Waals surface area (Å²) in [5, 5.41) is 0. The lowest BCUT2D eigenvalue weighted by molar-refractivity contribution is 0.140. The van der Waals surface area contributed by atoms with Crippen molar-refractivity contribution in [1.29, 1.82) is 0 Å². The number of hydrogen-bond donors (Lipinski definition) is 2. The van der Waals surface area contributed by atoms with Crippen LogP contribution in [0.4, 0.5) is 0 Å². The van der Waals surface area contributed by atoms with Crippen molar-refractivity contribution < 1.29 is 9.47 Å². The molecule has 1 aliphatic heterocycles. The smallest absolute Gasteiger partial charge is 0.125 e. The molecule has 112 valence electrons. The first-order valence-electron chi connectivity index (χ1n) is 7.22. The lowest BCUT2D eigenvalue weighted by Gasteiger charge is -2.18. The van der Waals surface area contributed by atoms with E-state index in [1.165, 1.54) is 11.1 Å². The third-order valence-electron chi connectivity index (χ3n) is 3.57. The predicted octanol–water partition coefficient (Wildman–Crippen LogP) is 2.58. The van der Waals surface area contributed by atoms with E-state index < -0.39 is 0 Å². The Morgan fingerprint density at radius 3 is 3.10 bits per heavy atom. The van der Waals surface area contributed by atoms with Gasteiger partial charge in [0.25, 0.3) is 0 Å². The average molecular weight is 343 g/mol. The topological polar surface area (TPSA) is 56.5 Å². The molecule has 5 heteroatoms. The molecule has 0 aromatic heterocycles. The second kappa shape index (κ2) is 7.98. The van der Waals surface area contributed by atoms with E-state index in [4.69, 9.17) is 15.3 Å². The first-order valence-corrected chi connectivity index (χ1v) is 8.01. The van der Waals surface area contributed by atoms with Crippen LogP contribution in [0.25, 0.3) is 0 Å². The van der Waals surface area contributed by atoms with Gasteiger partial charge in [0.05, 0.1) is 6.61 Å². The molecule has 0 radical (unpaired) electrons. The summed E-state index contributed by atoms with van der Waals surface area (Å²) in [4.78, 5) is 0. The summed E-state index contributed by atoms with van der Waals surface area (Å²) < 4.78 is 12.2. The van der Waals surface area contributed by atoms with Crippen LogP contribution >= 0.6 is 15.9 Å². The molecule has 1 aromatic rings. The summed E-state index contributed by atoms with van der Waals surface area (Å²) in [6.07, 6.45) is 3.88. The van der Waals surface area contributed by atoms with Crippen LogP contribution in [0.3, 0.4) is 0 Å². The zero-order chi connectivity index (χ0) is 14.4. The lowest BCUT2D eigenvalue weighted by Crippen LogP contribution is -2.37. The van der Waals surface area contributed by atoms with Crippen molar-refractivity contribution in [3.05, 3.63) is 27.7 Å². The minimum Gasteiger partial charge on any atom is -0.493 e. The number of nitrogens with two attached hydrogens (primary N) is 1. The monoisotopic (exact) mass is 342 g/mol. The minimum atomic E-state index is 0.248. The zero-order valence-electron chi connectivity index (χ0n) is 12.0. The molecule has 2 rings (SSSR count). The Morgan fingerprint density at radius 2 is 2.35 bits per heavy atom. The molecule has 4 nitrogen and oxygen atoms in total. The molecule has 1 heterocycles. The highest BCUT2D eigenvalue weighted by atomic mass is 79.9. The van der Waals surface area contributed by atoms with Crippen LogP contribution in [0.15, 0.2) is 16.6 Å². The van der Waals surface area contributed by atoms with Crippen molar-refractivity contribution in [3.8, 4) is 5.75 Å². The van der Waals surface area contributed by atoms with E-state index in [1.807, 2.05) is 6.92 Å². The Labute approximate surface area is 129 Å². The molecule has 0 saturated heterocycles. The summed E-state index contributed by atoms with van der Waals surface area (Å²) in [6.45, 7) is 4.36. The van der Waals surface area contributed by atoms with Crippen LogP contribution in [0.1, 0.15) is 30.9 Å². The molecule has 1 unspecified atom stereocenters. The highest BCUT2D eigenvalue weighted by molar-refractivity contribution is 9.10.